The molecule has 0 aromatic carbocycles. The molecular formula is C6H11NO. The van der Waals surface area contributed by atoms with E-state index in [4.69, 9.17) is 4.74 Å². The molecule has 2 saturated heterocycles. The van der Waals surface area contributed by atoms with Gasteiger partial charge in [-0.2, -0.15) is 0 Å². The fourth-order valence-electron chi connectivity index (χ4n) is 1.39. The van der Waals surface area contributed by atoms with Gasteiger partial charge in [0.1, 0.15) is 0 Å². The normalized spacial score (nSPS) is 45.0. The number of ether oxygens (including phenoxy) is 1. The van der Waals surface area contributed by atoms with E-state index < -0.39 is 0 Å². The Labute approximate surface area is 49.2 Å². The molecule has 0 amide bonds. The van der Waals surface area contributed by atoms with Crippen molar-refractivity contribution in [2.45, 2.75) is 12.5 Å². The van der Waals surface area contributed by atoms with Gasteiger partial charge in [0, 0.05) is 12.6 Å². The van der Waals surface area contributed by atoms with Crippen LogP contribution < -0.4 is 5.32 Å². The Bertz CT molecular complexity index is 82.5. The van der Waals surface area contributed by atoms with E-state index in [0.717, 1.165) is 19.1 Å². The summed E-state index contributed by atoms with van der Waals surface area (Å²) in [6.07, 6.45) is 1.28. The number of hydrogen-bond donors (Lipinski definition) is 1. The van der Waals surface area contributed by atoms with E-state index in [1.807, 2.05) is 0 Å². The zero-order valence-corrected chi connectivity index (χ0v) is 4.89. The molecule has 46 valence electrons. The summed E-state index contributed by atoms with van der Waals surface area (Å²) in [7, 11) is 0. The molecule has 0 radical (unpaired) electrons. The highest BCUT2D eigenvalue weighted by molar-refractivity contribution is 4.89. The Morgan fingerprint density at radius 1 is 1.50 bits per heavy atom. The molecule has 2 aliphatic heterocycles. The molecule has 2 heteroatoms. The molecule has 0 spiro atoms. The molecule has 0 saturated carbocycles. The summed E-state index contributed by atoms with van der Waals surface area (Å²) in [5.74, 6) is 0.948. The lowest BCUT2D eigenvalue weighted by Crippen LogP contribution is -2.57. The van der Waals surface area contributed by atoms with E-state index in [1.54, 1.807) is 0 Å². The van der Waals surface area contributed by atoms with Crippen molar-refractivity contribution in [1.29, 1.82) is 0 Å². The number of hydrogen-bond acceptors (Lipinski definition) is 2. The average Bonchev–Trinajstić information content (AvgIpc) is 1.72. The minimum atomic E-state index is 0.712. The van der Waals surface area contributed by atoms with E-state index in [2.05, 4.69) is 5.32 Å². The van der Waals surface area contributed by atoms with Crippen molar-refractivity contribution >= 4 is 0 Å². The molecule has 2 rings (SSSR count). The van der Waals surface area contributed by atoms with E-state index in [9.17, 15) is 0 Å². The molecule has 2 unspecified atom stereocenters. The first-order valence-electron chi connectivity index (χ1n) is 3.28. The second kappa shape index (κ2) is 1.71. The summed E-state index contributed by atoms with van der Waals surface area (Å²) in [4.78, 5) is 0. The van der Waals surface area contributed by atoms with Gasteiger partial charge in [-0.15, -0.1) is 0 Å². The minimum Gasteiger partial charge on any atom is -0.380 e. The largest absolute Gasteiger partial charge is 0.380 e. The van der Waals surface area contributed by atoms with Gasteiger partial charge in [-0.1, -0.05) is 0 Å². The van der Waals surface area contributed by atoms with Crippen LogP contribution in [0.1, 0.15) is 6.42 Å². The number of rotatable bonds is 0. The summed E-state index contributed by atoms with van der Waals surface area (Å²) in [6, 6.07) is 0.712. The lowest BCUT2D eigenvalue weighted by atomic mass is 9.88. The maximum atomic E-state index is 5.24. The van der Waals surface area contributed by atoms with Crippen molar-refractivity contribution in [2.24, 2.45) is 5.92 Å². The van der Waals surface area contributed by atoms with Crippen LogP contribution in [0.3, 0.4) is 0 Å². The Morgan fingerprint density at radius 3 is 2.88 bits per heavy atom. The molecule has 2 aliphatic rings. The van der Waals surface area contributed by atoms with Crippen LogP contribution in [0.2, 0.25) is 0 Å². The van der Waals surface area contributed by atoms with E-state index in [0.29, 0.717) is 6.04 Å². The fraction of sp³-hybridized carbons (Fsp3) is 1.00. The maximum Gasteiger partial charge on any atom is 0.0622 e. The highest BCUT2D eigenvalue weighted by atomic mass is 16.5. The summed E-state index contributed by atoms with van der Waals surface area (Å²) < 4.78 is 5.24. The Morgan fingerprint density at radius 2 is 2.50 bits per heavy atom. The van der Waals surface area contributed by atoms with Gasteiger partial charge in [0.25, 0.3) is 0 Å². The Kier molecular flexibility index (Phi) is 1.02. The molecule has 0 aromatic heterocycles. The smallest absolute Gasteiger partial charge is 0.0622 e. The van der Waals surface area contributed by atoms with Crippen LogP contribution >= 0.6 is 0 Å². The summed E-state index contributed by atoms with van der Waals surface area (Å²) in [5.41, 5.74) is 0. The monoisotopic (exact) mass is 113 g/mol. The molecule has 0 bridgehead atoms. The SMILES string of the molecule is C1CC2CNC2CO1. The molecule has 0 aliphatic carbocycles. The van der Waals surface area contributed by atoms with Crippen LogP contribution in [0.25, 0.3) is 0 Å². The molecule has 2 nitrogen and oxygen atoms in total. The molecule has 2 heterocycles. The third kappa shape index (κ3) is 0.565. The standard InChI is InChI=1S/C6H11NO/c1-2-8-4-6-5(1)3-7-6/h5-7H,1-4H2. The molecule has 2 atom stereocenters. The van der Waals surface area contributed by atoms with E-state index in [-0.39, 0.29) is 0 Å². The van der Waals surface area contributed by atoms with Gasteiger partial charge in [-0.05, 0) is 18.9 Å². The van der Waals surface area contributed by atoms with Crippen molar-refractivity contribution in [3.05, 3.63) is 0 Å². The number of fused-ring (bicyclic) bond motifs is 1. The quantitative estimate of drug-likeness (QED) is 0.477. The molecular weight excluding hydrogens is 102 g/mol. The highest BCUT2D eigenvalue weighted by Gasteiger charge is 2.32. The lowest BCUT2D eigenvalue weighted by Gasteiger charge is -2.41. The average molecular weight is 113 g/mol. The Balaban J connectivity index is 1.92. The first kappa shape index (κ1) is 4.77. The van der Waals surface area contributed by atoms with Crippen molar-refractivity contribution in [2.75, 3.05) is 19.8 Å². The predicted molar refractivity (Wildman–Crippen MR) is 30.7 cm³/mol. The second-order valence-corrected chi connectivity index (χ2v) is 2.64. The summed E-state index contributed by atoms with van der Waals surface area (Å²) in [6.45, 7) is 3.17. The van der Waals surface area contributed by atoms with Crippen molar-refractivity contribution in [3.63, 3.8) is 0 Å². The van der Waals surface area contributed by atoms with Crippen LogP contribution in [0, 0.1) is 5.92 Å². The van der Waals surface area contributed by atoms with Crippen LogP contribution in [0.4, 0.5) is 0 Å². The maximum absolute atomic E-state index is 5.24. The van der Waals surface area contributed by atoms with Gasteiger partial charge in [-0.25, -0.2) is 0 Å². The highest BCUT2D eigenvalue weighted by Crippen LogP contribution is 2.21. The molecule has 2 fully saturated rings. The topological polar surface area (TPSA) is 21.3 Å². The predicted octanol–water partition coefficient (Wildman–Crippen LogP) is -0.00530. The summed E-state index contributed by atoms with van der Waals surface area (Å²) >= 11 is 0. The fourth-order valence-corrected chi connectivity index (χ4v) is 1.39. The van der Waals surface area contributed by atoms with Crippen LogP contribution in [-0.2, 0) is 4.74 Å². The summed E-state index contributed by atoms with van der Waals surface area (Å²) in [5, 5.41) is 3.32. The minimum absolute atomic E-state index is 0.712. The Hall–Kier alpha value is -0.0800. The van der Waals surface area contributed by atoms with Crippen LogP contribution in [0.5, 0.6) is 0 Å². The third-order valence-electron chi connectivity index (χ3n) is 2.14. The van der Waals surface area contributed by atoms with Gasteiger partial charge in [0.05, 0.1) is 6.61 Å². The lowest BCUT2D eigenvalue weighted by molar-refractivity contribution is -0.000581. The van der Waals surface area contributed by atoms with Gasteiger partial charge < -0.3 is 10.1 Å². The first-order valence-corrected chi connectivity index (χ1v) is 3.28. The van der Waals surface area contributed by atoms with Gasteiger partial charge >= 0.3 is 0 Å². The van der Waals surface area contributed by atoms with E-state index in [1.165, 1.54) is 13.0 Å². The van der Waals surface area contributed by atoms with Gasteiger partial charge in [0.15, 0.2) is 0 Å². The molecule has 0 aromatic rings. The molecule has 1 N–H and O–H groups in total. The zero-order chi connectivity index (χ0) is 5.40. The van der Waals surface area contributed by atoms with Crippen LogP contribution in [0.15, 0.2) is 0 Å². The third-order valence-corrected chi connectivity index (χ3v) is 2.14. The zero-order valence-electron chi connectivity index (χ0n) is 4.89. The first-order chi connectivity index (χ1) is 3.97. The second-order valence-electron chi connectivity index (χ2n) is 2.64. The van der Waals surface area contributed by atoms with Gasteiger partial charge in [-0.3, -0.25) is 0 Å². The van der Waals surface area contributed by atoms with Crippen molar-refractivity contribution < 1.29 is 4.74 Å². The van der Waals surface area contributed by atoms with Crippen LogP contribution in [-0.4, -0.2) is 25.8 Å². The number of nitrogens with one attached hydrogen (secondary N) is 1. The molecule has 8 heavy (non-hydrogen) atoms. The van der Waals surface area contributed by atoms with Gasteiger partial charge in [0.2, 0.25) is 0 Å². The van der Waals surface area contributed by atoms with Crippen molar-refractivity contribution in [3.8, 4) is 0 Å². The van der Waals surface area contributed by atoms with E-state index >= 15 is 0 Å². The van der Waals surface area contributed by atoms with Crippen molar-refractivity contribution in [1.82, 2.24) is 5.32 Å².